The van der Waals surface area contributed by atoms with E-state index >= 15 is 0 Å². The topological polar surface area (TPSA) is 50.5 Å². The Kier molecular flexibility index (Phi) is 5.55. The molecule has 2 amide bonds. The summed E-state index contributed by atoms with van der Waals surface area (Å²) in [6, 6.07) is 22.4. The number of hydrogen-bond donors (Lipinski definition) is 0. The Labute approximate surface area is 198 Å². The first-order valence-corrected chi connectivity index (χ1v) is 11.3. The number of nitrogens with zero attached hydrogens (tertiary/aromatic N) is 1. The highest BCUT2D eigenvalue weighted by atomic mass is 35.5. The normalized spacial score (nSPS) is 15.3. The second kappa shape index (κ2) is 8.51. The van der Waals surface area contributed by atoms with Gasteiger partial charge in [0.25, 0.3) is 11.1 Å². The van der Waals surface area contributed by atoms with E-state index < -0.39 is 0 Å². The molecule has 1 aliphatic heterocycles. The van der Waals surface area contributed by atoms with E-state index in [0.29, 0.717) is 32.0 Å². The molecule has 32 heavy (non-hydrogen) atoms. The lowest BCUT2D eigenvalue weighted by Gasteiger charge is -2.14. The van der Waals surface area contributed by atoms with Gasteiger partial charge in [0.1, 0.15) is 11.5 Å². The number of carbonyl (C=O) groups is 2. The molecule has 3 aromatic carbocycles. The third kappa shape index (κ3) is 3.95. The van der Waals surface area contributed by atoms with E-state index in [4.69, 9.17) is 27.6 Å². The maximum absolute atomic E-state index is 13.0. The van der Waals surface area contributed by atoms with Crippen LogP contribution < -0.4 is 0 Å². The number of amides is 2. The van der Waals surface area contributed by atoms with E-state index in [2.05, 4.69) is 0 Å². The van der Waals surface area contributed by atoms with Gasteiger partial charge >= 0.3 is 0 Å². The van der Waals surface area contributed by atoms with Crippen LogP contribution in [0.2, 0.25) is 10.0 Å². The van der Waals surface area contributed by atoms with Crippen LogP contribution in [0.4, 0.5) is 4.79 Å². The summed E-state index contributed by atoms with van der Waals surface area (Å²) in [7, 11) is 0. The van der Waals surface area contributed by atoms with Crippen LogP contribution in [-0.2, 0) is 11.3 Å². The first-order chi connectivity index (χ1) is 15.5. The predicted molar refractivity (Wildman–Crippen MR) is 130 cm³/mol. The first-order valence-electron chi connectivity index (χ1n) is 9.77. The number of fused-ring (bicyclic) bond motifs is 1. The zero-order valence-corrected chi connectivity index (χ0v) is 18.9. The smallest absolute Gasteiger partial charge is 0.293 e. The van der Waals surface area contributed by atoms with E-state index in [0.717, 1.165) is 28.1 Å². The van der Waals surface area contributed by atoms with Crippen LogP contribution in [0.25, 0.3) is 28.2 Å². The number of hydrogen-bond acceptors (Lipinski definition) is 4. The molecule has 0 atom stereocenters. The average Bonchev–Trinajstić information content (AvgIpc) is 3.36. The van der Waals surface area contributed by atoms with Gasteiger partial charge in [-0.2, -0.15) is 0 Å². The highest BCUT2D eigenvalue weighted by Crippen LogP contribution is 2.36. The van der Waals surface area contributed by atoms with Crippen molar-refractivity contribution in [1.82, 2.24) is 4.90 Å². The van der Waals surface area contributed by atoms with Gasteiger partial charge in [0.05, 0.1) is 16.5 Å². The largest absolute Gasteiger partial charge is 0.457 e. The molecule has 0 saturated carbocycles. The van der Waals surface area contributed by atoms with Crippen LogP contribution >= 0.6 is 35.0 Å². The van der Waals surface area contributed by atoms with Gasteiger partial charge in [0.2, 0.25) is 0 Å². The molecular formula is C25H15Cl2NO3S. The standard InChI is InChI=1S/C25H15Cl2NO3S/c26-17-8-10-21(27)20(12-17)22-11-9-18(31-22)13-23-24(29)28(25(30)32-23)14-16-6-3-5-15-4-1-2-7-19(15)16/h1-13H,14H2/b23-13-. The number of thioether (sulfide) groups is 1. The zero-order valence-electron chi connectivity index (χ0n) is 16.5. The maximum Gasteiger partial charge on any atom is 0.293 e. The molecule has 0 aliphatic carbocycles. The monoisotopic (exact) mass is 479 g/mol. The molecule has 158 valence electrons. The van der Waals surface area contributed by atoms with Crippen molar-refractivity contribution in [3.05, 3.63) is 99.1 Å². The molecule has 5 rings (SSSR count). The highest BCUT2D eigenvalue weighted by molar-refractivity contribution is 8.18. The lowest BCUT2D eigenvalue weighted by Crippen LogP contribution is -2.27. The van der Waals surface area contributed by atoms with Crippen LogP contribution in [0, 0.1) is 0 Å². The van der Waals surface area contributed by atoms with Gasteiger partial charge < -0.3 is 4.42 Å². The Morgan fingerprint density at radius 3 is 2.62 bits per heavy atom. The van der Waals surface area contributed by atoms with Gasteiger partial charge in [0.15, 0.2) is 0 Å². The van der Waals surface area contributed by atoms with E-state index in [1.807, 2.05) is 42.5 Å². The number of imide groups is 1. The molecule has 0 spiro atoms. The molecule has 1 saturated heterocycles. The van der Waals surface area contributed by atoms with Crippen LogP contribution in [0.1, 0.15) is 11.3 Å². The first kappa shape index (κ1) is 20.9. The van der Waals surface area contributed by atoms with Crippen LogP contribution in [-0.4, -0.2) is 16.0 Å². The quantitative estimate of drug-likeness (QED) is 0.282. The highest BCUT2D eigenvalue weighted by Gasteiger charge is 2.35. The summed E-state index contributed by atoms with van der Waals surface area (Å²) >= 11 is 13.2. The fourth-order valence-electron chi connectivity index (χ4n) is 3.63. The van der Waals surface area contributed by atoms with Gasteiger partial charge in [-0.15, -0.1) is 0 Å². The molecule has 0 N–H and O–H groups in total. The summed E-state index contributed by atoms with van der Waals surface area (Å²) in [5.74, 6) is 0.636. The van der Waals surface area contributed by atoms with Crippen LogP contribution in [0.15, 0.2) is 82.1 Å². The van der Waals surface area contributed by atoms with Crippen molar-refractivity contribution in [2.75, 3.05) is 0 Å². The van der Waals surface area contributed by atoms with Crippen LogP contribution in [0.5, 0.6) is 0 Å². The Morgan fingerprint density at radius 1 is 0.938 bits per heavy atom. The Balaban J connectivity index is 1.40. The second-order valence-corrected chi connectivity index (χ2v) is 9.07. The minimum atomic E-state index is -0.341. The molecule has 2 heterocycles. The van der Waals surface area contributed by atoms with Gasteiger partial charge in [-0.25, -0.2) is 0 Å². The lowest BCUT2D eigenvalue weighted by atomic mass is 10.0. The van der Waals surface area contributed by atoms with E-state index in [9.17, 15) is 9.59 Å². The van der Waals surface area contributed by atoms with Crippen molar-refractivity contribution < 1.29 is 14.0 Å². The van der Waals surface area contributed by atoms with Crippen molar-refractivity contribution in [3.8, 4) is 11.3 Å². The molecular weight excluding hydrogens is 465 g/mol. The number of carbonyl (C=O) groups excluding carboxylic acids is 2. The summed E-state index contributed by atoms with van der Waals surface area (Å²) in [6.07, 6.45) is 1.58. The summed E-state index contributed by atoms with van der Waals surface area (Å²) in [5, 5.41) is 2.82. The molecule has 0 unspecified atom stereocenters. The molecule has 1 aliphatic rings. The van der Waals surface area contributed by atoms with Gasteiger partial charge in [-0.1, -0.05) is 65.7 Å². The number of furan rings is 1. The lowest BCUT2D eigenvalue weighted by molar-refractivity contribution is -0.123. The summed E-state index contributed by atoms with van der Waals surface area (Å²) < 4.78 is 5.85. The zero-order chi connectivity index (χ0) is 22.2. The fraction of sp³-hybridized carbons (Fsp3) is 0.0400. The van der Waals surface area contributed by atoms with Gasteiger partial charge in [0, 0.05) is 16.7 Å². The summed E-state index contributed by atoms with van der Waals surface area (Å²) in [5.41, 5.74) is 1.57. The van der Waals surface area contributed by atoms with E-state index in [1.165, 1.54) is 4.90 Å². The molecule has 4 aromatic rings. The van der Waals surface area contributed by atoms with Crippen molar-refractivity contribution in [3.63, 3.8) is 0 Å². The molecule has 0 bridgehead atoms. The molecule has 0 radical (unpaired) electrons. The van der Waals surface area contributed by atoms with E-state index in [-0.39, 0.29) is 17.7 Å². The molecule has 1 fully saturated rings. The van der Waals surface area contributed by atoms with Crippen molar-refractivity contribution >= 4 is 63.0 Å². The number of rotatable bonds is 4. The molecule has 1 aromatic heterocycles. The SMILES string of the molecule is O=C1S/C(=C\c2ccc(-c3cc(Cl)ccc3Cl)o2)C(=O)N1Cc1cccc2ccccc12. The minimum Gasteiger partial charge on any atom is -0.457 e. The van der Waals surface area contributed by atoms with Crippen molar-refractivity contribution in [2.45, 2.75) is 6.54 Å². The Morgan fingerprint density at radius 2 is 1.75 bits per heavy atom. The summed E-state index contributed by atoms with van der Waals surface area (Å²) in [6.45, 7) is 0.213. The fourth-order valence-corrected chi connectivity index (χ4v) is 4.83. The second-order valence-electron chi connectivity index (χ2n) is 7.23. The third-order valence-electron chi connectivity index (χ3n) is 5.18. The maximum atomic E-state index is 13.0. The van der Waals surface area contributed by atoms with Crippen molar-refractivity contribution in [2.24, 2.45) is 0 Å². The van der Waals surface area contributed by atoms with Gasteiger partial charge in [-0.3, -0.25) is 14.5 Å². The number of halogens is 2. The van der Waals surface area contributed by atoms with Crippen LogP contribution in [0.3, 0.4) is 0 Å². The number of benzene rings is 3. The summed E-state index contributed by atoms with van der Waals surface area (Å²) in [4.78, 5) is 27.1. The van der Waals surface area contributed by atoms with Crippen molar-refractivity contribution in [1.29, 1.82) is 0 Å². The minimum absolute atomic E-state index is 0.213. The average molecular weight is 480 g/mol. The molecule has 7 heteroatoms. The Hall–Kier alpha value is -2.99. The third-order valence-corrected chi connectivity index (χ3v) is 6.65. The predicted octanol–water partition coefficient (Wildman–Crippen LogP) is 7.64. The Bertz CT molecular complexity index is 1400. The van der Waals surface area contributed by atoms with Gasteiger partial charge in [-0.05, 0) is 58.4 Å². The molecule has 4 nitrogen and oxygen atoms in total. The van der Waals surface area contributed by atoms with E-state index in [1.54, 1.807) is 36.4 Å².